The van der Waals surface area contributed by atoms with Gasteiger partial charge in [0.05, 0.1) is 24.2 Å². The first-order valence-electron chi connectivity index (χ1n) is 9.08. The Morgan fingerprint density at radius 1 is 1.31 bits per heavy atom. The summed E-state index contributed by atoms with van der Waals surface area (Å²) in [5, 5.41) is 16.4. The molecule has 0 aromatic heterocycles. The van der Waals surface area contributed by atoms with Crippen molar-refractivity contribution in [3.05, 3.63) is 29.6 Å². The SMILES string of the molecule is O=C1NC(O)NC2C1C(CF)NN2[C@H](c1ccc(OC(F)(F)F)c(F)c1)C1CC1. The molecule has 29 heavy (non-hydrogen) atoms. The van der Waals surface area contributed by atoms with Crippen LogP contribution in [0.5, 0.6) is 5.75 Å². The molecule has 7 nitrogen and oxygen atoms in total. The summed E-state index contributed by atoms with van der Waals surface area (Å²) < 4.78 is 68.6. The number of halogens is 5. The highest BCUT2D eigenvalue weighted by molar-refractivity contribution is 5.81. The van der Waals surface area contributed by atoms with E-state index in [2.05, 4.69) is 20.8 Å². The molecule has 12 heteroatoms. The summed E-state index contributed by atoms with van der Waals surface area (Å²) in [5.74, 6) is -3.48. The molecular formula is C17H19F5N4O3. The highest BCUT2D eigenvalue weighted by Crippen LogP contribution is 2.47. The molecule has 3 aliphatic rings. The van der Waals surface area contributed by atoms with Gasteiger partial charge in [-0.3, -0.25) is 10.1 Å². The standard InChI is InChI=1S/C17H19F5N4O3/c18-6-10-12-14(23-16(28)24-15(12)27)26(25-10)13(7-1-2-7)8-3-4-11(9(19)5-8)29-17(20,21)22/h3-5,7,10,12-14,16,23,25,28H,1-2,6H2,(H,24,27)/t10?,12?,13-,14?,16?/m0/s1. The van der Waals surface area contributed by atoms with Crippen molar-refractivity contribution in [1.82, 2.24) is 21.1 Å². The molecule has 2 aliphatic heterocycles. The van der Waals surface area contributed by atoms with Crippen LogP contribution in [0.25, 0.3) is 0 Å². The Bertz CT molecular complexity index is 791. The minimum Gasteiger partial charge on any atom is -0.403 e. The number of alkyl halides is 4. The van der Waals surface area contributed by atoms with Crippen molar-refractivity contribution in [3.8, 4) is 5.75 Å². The lowest BCUT2D eigenvalue weighted by Gasteiger charge is -2.38. The second kappa shape index (κ2) is 7.35. The Morgan fingerprint density at radius 3 is 2.62 bits per heavy atom. The van der Waals surface area contributed by atoms with Gasteiger partial charge < -0.3 is 15.2 Å². The molecule has 1 aromatic carbocycles. The first-order valence-corrected chi connectivity index (χ1v) is 9.08. The maximum Gasteiger partial charge on any atom is 0.573 e. The third-order valence-corrected chi connectivity index (χ3v) is 5.36. The molecule has 1 aliphatic carbocycles. The Balaban J connectivity index is 1.64. The maximum absolute atomic E-state index is 14.3. The minimum atomic E-state index is -5.02. The summed E-state index contributed by atoms with van der Waals surface area (Å²) in [7, 11) is 0. The van der Waals surface area contributed by atoms with Gasteiger partial charge in [-0.15, -0.1) is 13.2 Å². The average molecular weight is 422 g/mol. The number of rotatable bonds is 5. The molecule has 0 radical (unpaired) electrons. The molecule has 1 amide bonds. The van der Waals surface area contributed by atoms with Crippen LogP contribution in [0.4, 0.5) is 22.0 Å². The van der Waals surface area contributed by atoms with Crippen LogP contribution in [0.3, 0.4) is 0 Å². The zero-order valence-corrected chi connectivity index (χ0v) is 14.9. The number of hydrogen-bond donors (Lipinski definition) is 4. The molecule has 1 aromatic rings. The van der Waals surface area contributed by atoms with Crippen molar-refractivity contribution in [2.75, 3.05) is 6.67 Å². The zero-order valence-electron chi connectivity index (χ0n) is 14.9. The fourth-order valence-corrected chi connectivity index (χ4v) is 4.05. The predicted octanol–water partition coefficient (Wildman–Crippen LogP) is 1.27. The number of nitrogens with one attached hydrogen (secondary N) is 3. The number of aliphatic hydroxyl groups is 1. The average Bonchev–Trinajstić information content (AvgIpc) is 3.38. The fraction of sp³-hybridized carbons (Fsp3) is 0.588. The van der Waals surface area contributed by atoms with Gasteiger partial charge in [-0.2, -0.15) is 0 Å². The van der Waals surface area contributed by atoms with E-state index in [4.69, 9.17) is 0 Å². The van der Waals surface area contributed by atoms with Gasteiger partial charge in [-0.25, -0.2) is 19.2 Å². The van der Waals surface area contributed by atoms with Crippen LogP contribution < -0.4 is 20.8 Å². The Hall–Kier alpha value is -2.02. The molecule has 160 valence electrons. The summed E-state index contributed by atoms with van der Waals surface area (Å²) in [6.07, 6.45) is -5.59. The number of ether oxygens (including phenoxy) is 1. The second-order valence-corrected chi connectivity index (χ2v) is 7.37. The normalized spacial score (nSPS) is 31.3. The molecule has 2 heterocycles. The quantitative estimate of drug-likeness (QED) is 0.535. The number of carbonyl (C=O) groups is 1. The summed E-state index contributed by atoms with van der Waals surface area (Å²) >= 11 is 0. The van der Waals surface area contributed by atoms with Crippen LogP contribution in [0.2, 0.25) is 0 Å². The molecule has 4 N–H and O–H groups in total. The lowest BCUT2D eigenvalue weighted by Crippen LogP contribution is -2.64. The second-order valence-electron chi connectivity index (χ2n) is 7.37. The first-order chi connectivity index (χ1) is 13.7. The van der Waals surface area contributed by atoms with E-state index in [0.717, 1.165) is 25.0 Å². The van der Waals surface area contributed by atoms with Crippen LogP contribution in [-0.2, 0) is 4.79 Å². The Morgan fingerprint density at radius 2 is 2.03 bits per heavy atom. The molecule has 4 unspecified atom stereocenters. The molecular weight excluding hydrogens is 403 g/mol. The number of benzene rings is 1. The van der Waals surface area contributed by atoms with E-state index in [1.54, 1.807) is 5.01 Å². The van der Waals surface area contributed by atoms with E-state index < -0.39 is 61.0 Å². The molecule has 2 saturated heterocycles. The fourth-order valence-electron chi connectivity index (χ4n) is 4.05. The van der Waals surface area contributed by atoms with Gasteiger partial charge in [0.1, 0.15) is 6.67 Å². The van der Waals surface area contributed by atoms with Crippen molar-refractivity contribution >= 4 is 5.91 Å². The van der Waals surface area contributed by atoms with Gasteiger partial charge in [0, 0.05) is 0 Å². The smallest absolute Gasteiger partial charge is 0.403 e. The summed E-state index contributed by atoms with van der Waals surface area (Å²) in [5.41, 5.74) is 3.27. The Kier molecular flexibility index (Phi) is 5.13. The van der Waals surface area contributed by atoms with Crippen LogP contribution in [0.15, 0.2) is 18.2 Å². The third kappa shape index (κ3) is 4.02. The number of hydrazine groups is 1. The highest BCUT2D eigenvalue weighted by Gasteiger charge is 2.53. The van der Waals surface area contributed by atoms with Gasteiger partial charge in [0.15, 0.2) is 17.9 Å². The van der Waals surface area contributed by atoms with Crippen molar-refractivity contribution in [2.24, 2.45) is 11.8 Å². The zero-order chi connectivity index (χ0) is 20.9. The van der Waals surface area contributed by atoms with E-state index in [1.807, 2.05) is 0 Å². The number of fused-ring (bicyclic) bond motifs is 1. The van der Waals surface area contributed by atoms with E-state index in [-0.39, 0.29) is 5.92 Å². The predicted molar refractivity (Wildman–Crippen MR) is 87.8 cm³/mol. The van der Waals surface area contributed by atoms with E-state index in [1.165, 1.54) is 6.07 Å². The third-order valence-electron chi connectivity index (χ3n) is 5.36. The van der Waals surface area contributed by atoms with Crippen molar-refractivity contribution in [1.29, 1.82) is 0 Å². The van der Waals surface area contributed by atoms with Gasteiger partial charge >= 0.3 is 6.36 Å². The van der Waals surface area contributed by atoms with Crippen molar-refractivity contribution < 1.29 is 36.6 Å². The number of amides is 1. The molecule has 5 atom stereocenters. The molecule has 1 saturated carbocycles. The van der Waals surface area contributed by atoms with E-state index >= 15 is 0 Å². The summed E-state index contributed by atoms with van der Waals surface area (Å²) in [4.78, 5) is 12.2. The number of carbonyl (C=O) groups excluding carboxylic acids is 1. The minimum absolute atomic E-state index is 0.0271. The lowest BCUT2D eigenvalue weighted by molar-refractivity contribution is -0.275. The lowest BCUT2D eigenvalue weighted by atomic mass is 9.95. The van der Waals surface area contributed by atoms with Crippen LogP contribution in [-0.4, -0.2) is 47.6 Å². The number of aliphatic hydroxyl groups excluding tert-OH is 1. The van der Waals surface area contributed by atoms with E-state index in [9.17, 15) is 31.9 Å². The molecule has 0 bridgehead atoms. The van der Waals surface area contributed by atoms with Crippen molar-refractivity contribution in [3.63, 3.8) is 0 Å². The summed E-state index contributed by atoms with van der Waals surface area (Å²) in [6.45, 7) is -0.854. The first kappa shape index (κ1) is 20.3. The number of hydrogen-bond acceptors (Lipinski definition) is 6. The van der Waals surface area contributed by atoms with Gasteiger partial charge in [0.25, 0.3) is 0 Å². The topological polar surface area (TPSA) is 85.9 Å². The van der Waals surface area contributed by atoms with Crippen molar-refractivity contribution in [2.45, 2.75) is 43.8 Å². The van der Waals surface area contributed by atoms with Gasteiger partial charge in [-0.1, -0.05) is 6.07 Å². The van der Waals surface area contributed by atoms with Crippen LogP contribution in [0, 0.1) is 17.7 Å². The maximum atomic E-state index is 14.3. The highest BCUT2D eigenvalue weighted by atomic mass is 19.4. The van der Waals surface area contributed by atoms with Crippen LogP contribution >= 0.6 is 0 Å². The largest absolute Gasteiger partial charge is 0.573 e. The molecule has 3 fully saturated rings. The molecule has 0 spiro atoms. The Labute approximate surface area is 162 Å². The number of nitrogens with zero attached hydrogens (tertiary/aromatic N) is 1. The monoisotopic (exact) mass is 422 g/mol. The molecule has 4 rings (SSSR count). The van der Waals surface area contributed by atoms with Crippen LogP contribution in [0.1, 0.15) is 24.4 Å². The summed E-state index contributed by atoms with van der Waals surface area (Å²) in [6, 6.07) is 1.75. The van der Waals surface area contributed by atoms with Gasteiger partial charge in [-0.05, 0) is 36.5 Å². The van der Waals surface area contributed by atoms with E-state index in [0.29, 0.717) is 5.56 Å². The van der Waals surface area contributed by atoms with Gasteiger partial charge in [0.2, 0.25) is 5.91 Å².